The zero-order chi connectivity index (χ0) is 23.1. The first-order valence-corrected chi connectivity index (χ1v) is 9.90. The maximum Gasteiger partial charge on any atom is 0.198 e. The molecular formula is C24H23F2NO4. The van der Waals surface area contributed by atoms with Crippen molar-refractivity contribution in [3.63, 3.8) is 0 Å². The smallest absolute Gasteiger partial charge is 0.198 e. The molecule has 5 nitrogen and oxygen atoms in total. The quantitative estimate of drug-likeness (QED) is 0.642. The van der Waals surface area contributed by atoms with E-state index in [2.05, 4.69) is 0 Å². The first-order chi connectivity index (χ1) is 14.4. The number of ether oxygens (including phenoxy) is 2. The van der Waals surface area contributed by atoms with Crippen LogP contribution in [0.2, 0.25) is 0 Å². The minimum atomic E-state index is -1.19. The Labute approximate surface area is 179 Å². The molecule has 1 saturated heterocycles. The lowest BCUT2D eigenvalue weighted by Gasteiger charge is -2.43. The van der Waals surface area contributed by atoms with Crippen molar-refractivity contribution >= 4 is 11.6 Å². The van der Waals surface area contributed by atoms with Crippen LogP contribution in [0, 0.1) is 23.0 Å². The summed E-state index contributed by atoms with van der Waals surface area (Å²) < 4.78 is 39.7. The fraction of sp³-hybridized carbons (Fsp3) is 0.375. The molecule has 0 spiro atoms. The molecule has 0 N–H and O–H groups in total. The highest BCUT2D eigenvalue weighted by Gasteiger charge is 2.53. The number of carbonyl (C=O) groups is 2. The van der Waals surface area contributed by atoms with Gasteiger partial charge in [0.1, 0.15) is 22.9 Å². The number of carbonyl (C=O) groups excluding carboxylic acids is 2. The normalized spacial score (nSPS) is 18.0. The Hall–Kier alpha value is -3.11. The van der Waals surface area contributed by atoms with E-state index in [0.29, 0.717) is 12.0 Å². The van der Waals surface area contributed by atoms with Crippen LogP contribution in [-0.2, 0) is 20.7 Å². The van der Waals surface area contributed by atoms with Crippen LogP contribution in [0.5, 0.6) is 11.5 Å². The van der Waals surface area contributed by atoms with Gasteiger partial charge >= 0.3 is 0 Å². The van der Waals surface area contributed by atoms with Crippen molar-refractivity contribution in [2.75, 3.05) is 0 Å². The lowest BCUT2D eigenvalue weighted by molar-refractivity contribution is -0.184. The van der Waals surface area contributed by atoms with Crippen molar-refractivity contribution in [3.8, 4) is 17.6 Å². The predicted octanol–water partition coefficient (Wildman–Crippen LogP) is 5.00. The van der Waals surface area contributed by atoms with Crippen molar-refractivity contribution in [1.29, 1.82) is 5.26 Å². The minimum Gasteiger partial charge on any atom is -0.451 e. The average molecular weight is 427 g/mol. The van der Waals surface area contributed by atoms with E-state index >= 15 is 0 Å². The first-order valence-electron chi connectivity index (χ1n) is 9.90. The van der Waals surface area contributed by atoms with Crippen molar-refractivity contribution in [2.45, 2.75) is 58.2 Å². The van der Waals surface area contributed by atoms with E-state index in [1.165, 1.54) is 12.1 Å². The van der Waals surface area contributed by atoms with E-state index < -0.39 is 34.5 Å². The lowest BCUT2D eigenvalue weighted by Crippen LogP contribution is -2.58. The number of benzene rings is 2. The Morgan fingerprint density at radius 3 is 2.06 bits per heavy atom. The van der Waals surface area contributed by atoms with Gasteiger partial charge < -0.3 is 9.47 Å². The Kier molecular flexibility index (Phi) is 5.72. The number of hydrogen-bond donors (Lipinski definition) is 0. The topological polar surface area (TPSA) is 76.4 Å². The Morgan fingerprint density at radius 1 is 1.03 bits per heavy atom. The predicted molar refractivity (Wildman–Crippen MR) is 109 cm³/mol. The number of rotatable bonds is 4. The van der Waals surface area contributed by atoms with E-state index in [9.17, 15) is 18.4 Å². The third-order valence-electron chi connectivity index (χ3n) is 5.38. The molecule has 2 aromatic rings. The van der Waals surface area contributed by atoms with E-state index in [1.54, 1.807) is 39.8 Å². The molecule has 3 rings (SSSR count). The second-order valence-corrected chi connectivity index (χ2v) is 8.48. The van der Waals surface area contributed by atoms with Crippen molar-refractivity contribution in [3.05, 3.63) is 58.7 Å². The number of hydrogen-bond acceptors (Lipinski definition) is 5. The number of Topliss-reactive ketones (excluding diaryl/α,β-unsaturated/α-hetero) is 2. The van der Waals surface area contributed by atoms with Gasteiger partial charge in [0.05, 0.1) is 11.6 Å². The molecule has 31 heavy (non-hydrogen) atoms. The van der Waals surface area contributed by atoms with Gasteiger partial charge in [-0.15, -0.1) is 0 Å². The molecule has 2 aromatic carbocycles. The standard InChI is InChI=1S/C24H23F2NO4/c1-6-14-7-8-15(30-20-17(25)9-13(12-27)10-18(20)26)11-16(14)19-21(28)23(2,3)31-24(4,5)22(19)29/h7-11,19H,6H2,1-5H3. The van der Waals surface area contributed by atoms with Gasteiger partial charge in [-0.3, -0.25) is 9.59 Å². The van der Waals surface area contributed by atoms with Gasteiger partial charge in [0, 0.05) is 0 Å². The molecule has 1 aliphatic rings. The van der Waals surface area contributed by atoms with Crippen LogP contribution in [0.1, 0.15) is 57.2 Å². The number of ketones is 2. The number of nitrogens with zero attached hydrogens (tertiary/aromatic N) is 1. The largest absolute Gasteiger partial charge is 0.451 e. The molecule has 0 unspecified atom stereocenters. The van der Waals surface area contributed by atoms with E-state index in [1.807, 2.05) is 6.92 Å². The van der Waals surface area contributed by atoms with Crippen molar-refractivity contribution in [2.24, 2.45) is 0 Å². The molecule has 0 radical (unpaired) electrons. The zero-order valence-corrected chi connectivity index (χ0v) is 18.0. The molecule has 0 bridgehead atoms. The highest BCUT2D eigenvalue weighted by molar-refractivity contribution is 6.15. The fourth-order valence-corrected chi connectivity index (χ4v) is 3.90. The summed E-state index contributed by atoms with van der Waals surface area (Å²) >= 11 is 0. The molecule has 1 heterocycles. The van der Waals surface area contributed by atoms with Gasteiger partial charge in [-0.2, -0.15) is 5.26 Å². The first kappa shape index (κ1) is 22.6. The lowest BCUT2D eigenvalue weighted by atomic mass is 9.73. The second kappa shape index (κ2) is 7.86. The highest BCUT2D eigenvalue weighted by atomic mass is 19.1. The van der Waals surface area contributed by atoms with Crippen LogP contribution in [0.25, 0.3) is 0 Å². The molecule has 0 amide bonds. The van der Waals surface area contributed by atoms with Crippen LogP contribution < -0.4 is 4.74 Å². The summed E-state index contributed by atoms with van der Waals surface area (Å²) in [5, 5.41) is 8.84. The number of halogens is 2. The van der Waals surface area contributed by atoms with Crippen molar-refractivity contribution < 1.29 is 27.8 Å². The maximum absolute atomic E-state index is 14.3. The zero-order valence-electron chi connectivity index (χ0n) is 18.0. The summed E-state index contributed by atoms with van der Waals surface area (Å²) in [6.07, 6.45) is 0.536. The van der Waals surface area contributed by atoms with Crippen LogP contribution in [0.15, 0.2) is 30.3 Å². The highest BCUT2D eigenvalue weighted by Crippen LogP contribution is 2.41. The molecule has 0 aliphatic carbocycles. The SMILES string of the molecule is CCc1ccc(Oc2c(F)cc(C#N)cc2F)cc1C1C(=O)C(C)(C)OC(C)(C)C1=O. The molecule has 0 aromatic heterocycles. The molecular weight excluding hydrogens is 404 g/mol. The monoisotopic (exact) mass is 427 g/mol. The van der Waals surface area contributed by atoms with Gasteiger partial charge in [-0.05, 0) is 69.5 Å². The third kappa shape index (κ3) is 4.08. The Morgan fingerprint density at radius 2 is 1.58 bits per heavy atom. The minimum absolute atomic E-state index is 0.0670. The molecule has 1 fully saturated rings. The van der Waals surface area contributed by atoms with Gasteiger partial charge in [0.25, 0.3) is 0 Å². The van der Waals surface area contributed by atoms with Gasteiger partial charge in [0.15, 0.2) is 29.0 Å². The third-order valence-corrected chi connectivity index (χ3v) is 5.38. The fourth-order valence-electron chi connectivity index (χ4n) is 3.90. The number of aryl methyl sites for hydroxylation is 1. The number of nitriles is 1. The Balaban J connectivity index is 2.09. The Bertz CT molecular complexity index is 1070. The van der Waals surface area contributed by atoms with Crippen molar-refractivity contribution in [1.82, 2.24) is 0 Å². The van der Waals surface area contributed by atoms with E-state index in [4.69, 9.17) is 14.7 Å². The maximum atomic E-state index is 14.3. The summed E-state index contributed by atoms with van der Waals surface area (Å²) in [5.74, 6) is -4.53. The van der Waals surface area contributed by atoms with E-state index in [-0.39, 0.29) is 22.9 Å². The van der Waals surface area contributed by atoms with Gasteiger partial charge in [0.2, 0.25) is 0 Å². The summed E-state index contributed by atoms with van der Waals surface area (Å²) in [6.45, 7) is 8.34. The average Bonchev–Trinajstić information content (AvgIpc) is 2.69. The van der Waals surface area contributed by atoms with Crippen LogP contribution in [0.3, 0.4) is 0 Å². The van der Waals surface area contributed by atoms with Crippen LogP contribution in [0.4, 0.5) is 8.78 Å². The van der Waals surface area contributed by atoms with Crippen LogP contribution in [-0.4, -0.2) is 22.8 Å². The molecule has 7 heteroatoms. The molecule has 1 aliphatic heterocycles. The summed E-state index contributed by atoms with van der Waals surface area (Å²) in [6, 6.07) is 8.06. The molecule has 162 valence electrons. The van der Waals surface area contributed by atoms with Crippen LogP contribution >= 0.6 is 0 Å². The van der Waals surface area contributed by atoms with Gasteiger partial charge in [-0.1, -0.05) is 13.0 Å². The second-order valence-electron chi connectivity index (χ2n) is 8.48. The van der Waals surface area contributed by atoms with E-state index in [0.717, 1.165) is 17.7 Å². The summed E-state index contributed by atoms with van der Waals surface area (Å²) in [4.78, 5) is 26.2. The van der Waals surface area contributed by atoms with Gasteiger partial charge in [-0.25, -0.2) is 8.78 Å². The molecule has 0 atom stereocenters. The molecule has 0 saturated carbocycles. The summed E-state index contributed by atoms with van der Waals surface area (Å²) in [7, 11) is 0. The summed E-state index contributed by atoms with van der Waals surface area (Å²) in [5.41, 5.74) is -1.38.